The number of aliphatic imine (C=N–C) groups is 1. The maximum Gasteiger partial charge on any atom is 0.416 e. The van der Waals surface area contributed by atoms with Gasteiger partial charge in [-0.2, -0.15) is 36.4 Å². The Bertz CT molecular complexity index is 1440. The van der Waals surface area contributed by atoms with Gasteiger partial charge in [-0.05, 0) is 41.5 Å². The topological polar surface area (TPSA) is 62.5 Å². The van der Waals surface area contributed by atoms with E-state index in [1.165, 1.54) is 22.6 Å². The molecule has 0 spiro atoms. The van der Waals surface area contributed by atoms with Gasteiger partial charge in [-0.3, -0.25) is 9.48 Å². The van der Waals surface area contributed by atoms with Gasteiger partial charge in [0.1, 0.15) is 0 Å². The fourth-order valence-electron chi connectivity index (χ4n) is 4.42. The number of hydrogen-bond donors (Lipinski definition) is 1. The lowest BCUT2D eigenvalue weighted by atomic mass is 10.0. The Morgan fingerprint density at radius 3 is 2.55 bits per heavy atom. The van der Waals surface area contributed by atoms with Crippen LogP contribution in [0.3, 0.4) is 0 Å². The van der Waals surface area contributed by atoms with E-state index in [0.717, 1.165) is 22.5 Å². The minimum absolute atomic E-state index is 0.125. The van der Waals surface area contributed by atoms with Crippen molar-refractivity contribution in [3.8, 4) is 0 Å². The predicted octanol–water partition coefficient (Wildman–Crippen LogP) is 5.39. The molecule has 6 nitrogen and oxygen atoms in total. The summed E-state index contributed by atoms with van der Waals surface area (Å²) in [6.45, 7) is 1.76. The number of nitrogens with zero attached hydrogens (tertiary/aromatic N) is 4. The zero-order valence-electron chi connectivity index (χ0n) is 19.7. The van der Waals surface area contributed by atoms with Crippen molar-refractivity contribution in [1.29, 1.82) is 0 Å². The molecule has 0 atom stereocenters. The number of amides is 1. The van der Waals surface area contributed by atoms with Crippen LogP contribution in [0.2, 0.25) is 0 Å². The summed E-state index contributed by atoms with van der Waals surface area (Å²) in [5.41, 5.74) is -0.579. The lowest BCUT2D eigenvalue weighted by Crippen LogP contribution is -2.31. The van der Waals surface area contributed by atoms with Gasteiger partial charge in [-0.15, -0.1) is 0 Å². The SMILES string of the molecule is O=C1CSC(N2CCNC(=Cc3ccc4c(cnn4Cc4ccc(C(F)(F)F)cc4C(F)(F)F)c3)CC2)=N1. The van der Waals surface area contributed by atoms with Crippen molar-refractivity contribution >= 4 is 39.8 Å². The smallest absolute Gasteiger partial charge is 0.386 e. The Hall–Kier alpha value is -3.48. The molecular weight excluding hydrogens is 532 g/mol. The Kier molecular flexibility index (Phi) is 6.88. The molecule has 200 valence electrons. The standard InChI is InChI=1S/C25H21F6N5OS/c26-24(27,28)18-3-2-16(20(11-18)25(29,30)31)13-36-21-4-1-15(9-17(21)12-33-36)10-19-5-7-35(8-6-32-19)23-34-22(37)14-38-23/h1-4,9-12,32H,5-8,13-14H2. The summed E-state index contributed by atoms with van der Waals surface area (Å²) in [7, 11) is 0. The Labute approximate surface area is 217 Å². The van der Waals surface area contributed by atoms with Crippen LogP contribution < -0.4 is 5.32 Å². The fraction of sp³-hybridized carbons (Fsp3) is 0.320. The van der Waals surface area contributed by atoms with Crippen molar-refractivity contribution in [2.45, 2.75) is 25.3 Å². The summed E-state index contributed by atoms with van der Waals surface area (Å²) in [6, 6.07) is 7.03. The largest absolute Gasteiger partial charge is 0.416 e. The molecule has 3 heterocycles. The van der Waals surface area contributed by atoms with Crippen molar-refractivity contribution in [2.75, 3.05) is 25.4 Å². The van der Waals surface area contributed by atoms with Crippen LogP contribution in [-0.2, 0) is 23.7 Å². The lowest BCUT2D eigenvalue weighted by Gasteiger charge is -2.19. The zero-order valence-corrected chi connectivity index (χ0v) is 20.6. The molecule has 2 aromatic carbocycles. The van der Waals surface area contributed by atoms with Crippen LogP contribution in [0.5, 0.6) is 0 Å². The second-order valence-electron chi connectivity index (χ2n) is 8.90. The summed E-state index contributed by atoms with van der Waals surface area (Å²) in [5.74, 6) is 0.242. The van der Waals surface area contributed by atoms with E-state index in [4.69, 9.17) is 0 Å². The number of benzene rings is 2. The second-order valence-corrected chi connectivity index (χ2v) is 9.84. The van der Waals surface area contributed by atoms with Gasteiger partial charge in [-0.25, -0.2) is 0 Å². The Morgan fingerprint density at radius 1 is 1.03 bits per heavy atom. The summed E-state index contributed by atoms with van der Waals surface area (Å²) in [5, 5.41) is 9.00. The third-order valence-corrected chi connectivity index (χ3v) is 7.27. The average molecular weight is 554 g/mol. The highest BCUT2D eigenvalue weighted by molar-refractivity contribution is 8.14. The number of carbonyl (C=O) groups excluding carboxylic acids is 1. The van der Waals surface area contributed by atoms with E-state index in [0.29, 0.717) is 48.8 Å². The molecule has 3 aromatic rings. The molecular formula is C25H21F6N5OS. The molecule has 0 radical (unpaired) electrons. The predicted molar refractivity (Wildman–Crippen MR) is 132 cm³/mol. The highest BCUT2D eigenvalue weighted by atomic mass is 32.2. The third kappa shape index (κ3) is 5.66. The van der Waals surface area contributed by atoms with Crippen LogP contribution in [0.25, 0.3) is 17.0 Å². The molecule has 13 heteroatoms. The number of hydrogen-bond acceptors (Lipinski definition) is 5. The zero-order chi connectivity index (χ0) is 27.1. The van der Waals surface area contributed by atoms with Gasteiger partial charge >= 0.3 is 12.4 Å². The number of fused-ring (bicyclic) bond motifs is 1. The molecule has 1 fully saturated rings. The van der Waals surface area contributed by atoms with Crippen LogP contribution in [0.4, 0.5) is 26.3 Å². The third-order valence-electron chi connectivity index (χ3n) is 6.27. The Balaban J connectivity index is 1.35. The molecule has 2 aliphatic rings. The fourth-order valence-corrected chi connectivity index (χ4v) is 5.27. The molecule has 38 heavy (non-hydrogen) atoms. The van der Waals surface area contributed by atoms with E-state index in [2.05, 4.69) is 20.3 Å². The minimum Gasteiger partial charge on any atom is -0.386 e. The first-order valence-electron chi connectivity index (χ1n) is 11.6. The van der Waals surface area contributed by atoms with Gasteiger partial charge in [0, 0.05) is 37.1 Å². The van der Waals surface area contributed by atoms with Crippen molar-refractivity contribution in [3.63, 3.8) is 0 Å². The quantitative estimate of drug-likeness (QED) is 0.441. The molecule has 1 aromatic heterocycles. The van der Waals surface area contributed by atoms with Crippen LogP contribution in [-0.4, -0.2) is 51.1 Å². The Morgan fingerprint density at radius 2 is 1.84 bits per heavy atom. The van der Waals surface area contributed by atoms with E-state index < -0.39 is 23.5 Å². The van der Waals surface area contributed by atoms with Gasteiger partial charge in [0.15, 0.2) is 5.17 Å². The number of amidine groups is 1. The monoisotopic (exact) mass is 553 g/mol. The van der Waals surface area contributed by atoms with E-state index in [1.54, 1.807) is 6.07 Å². The summed E-state index contributed by atoms with van der Waals surface area (Å²) in [4.78, 5) is 17.6. The van der Waals surface area contributed by atoms with Gasteiger partial charge in [0.2, 0.25) is 0 Å². The van der Waals surface area contributed by atoms with Crippen LogP contribution in [0.15, 0.2) is 53.3 Å². The molecule has 2 aliphatic heterocycles. The van der Waals surface area contributed by atoms with Crippen LogP contribution in [0.1, 0.15) is 28.7 Å². The minimum atomic E-state index is -4.95. The molecule has 0 unspecified atom stereocenters. The number of nitrogens with one attached hydrogen (secondary N) is 1. The number of aromatic nitrogens is 2. The summed E-state index contributed by atoms with van der Waals surface area (Å²) in [6.07, 6.45) is -5.62. The van der Waals surface area contributed by atoms with Crippen molar-refractivity contribution in [2.24, 2.45) is 4.99 Å². The summed E-state index contributed by atoms with van der Waals surface area (Å²) >= 11 is 1.44. The van der Waals surface area contributed by atoms with E-state index in [-0.39, 0.29) is 24.1 Å². The highest BCUT2D eigenvalue weighted by Crippen LogP contribution is 2.37. The molecule has 0 saturated carbocycles. The first kappa shape index (κ1) is 26.1. The number of carbonyl (C=O) groups is 1. The van der Waals surface area contributed by atoms with Gasteiger partial charge in [0.05, 0.1) is 35.1 Å². The van der Waals surface area contributed by atoms with Crippen LogP contribution in [0, 0.1) is 0 Å². The normalized spacial score (nSPS) is 18.2. The molecule has 1 saturated heterocycles. The van der Waals surface area contributed by atoms with Crippen molar-refractivity contribution in [3.05, 3.63) is 70.5 Å². The lowest BCUT2D eigenvalue weighted by molar-refractivity contribution is -0.143. The van der Waals surface area contributed by atoms with Crippen molar-refractivity contribution < 1.29 is 31.1 Å². The van der Waals surface area contributed by atoms with E-state index in [1.807, 2.05) is 18.2 Å². The van der Waals surface area contributed by atoms with Gasteiger partial charge in [-0.1, -0.05) is 23.9 Å². The molecule has 1 N–H and O–H groups in total. The van der Waals surface area contributed by atoms with Gasteiger partial charge in [0.25, 0.3) is 5.91 Å². The highest BCUT2D eigenvalue weighted by Gasteiger charge is 2.38. The summed E-state index contributed by atoms with van der Waals surface area (Å²) < 4.78 is 81.0. The molecule has 5 rings (SSSR count). The number of thioether (sulfide) groups is 1. The van der Waals surface area contributed by atoms with Crippen LogP contribution >= 0.6 is 11.8 Å². The maximum atomic E-state index is 13.6. The van der Waals surface area contributed by atoms with E-state index in [9.17, 15) is 31.1 Å². The van der Waals surface area contributed by atoms with Gasteiger partial charge < -0.3 is 10.2 Å². The first-order valence-corrected chi connectivity index (χ1v) is 12.6. The number of rotatable bonds is 3. The van der Waals surface area contributed by atoms with E-state index >= 15 is 0 Å². The number of alkyl halides is 6. The molecule has 0 aliphatic carbocycles. The van der Waals surface area contributed by atoms with Crippen molar-refractivity contribution in [1.82, 2.24) is 20.0 Å². The first-order chi connectivity index (χ1) is 18.0. The molecule has 0 bridgehead atoms. The second kappa shape index (κ2) is 10.0. The maximum absolute atomic E-state index is 13.6. The molecule has 1 amide bonds. The average Bonchev–Trinajstić information content (AvgIpc) is 3.37. The number of halogens is 6.